The first-order chi connectivity index (χ1) is 9.88. The van der Waals surface area contributed by atoms with Crippen molar-refractivity contribution in [1.82, 2.24) is 4.98 Å². The number of para-hydroxylation sites is 2. The molecule has 3 rings (SSSR count). The summed E-state index contributed by atoms with van der Waals surface area (Å²) in [5, 5.41) is 11.9. The fourth-order valence-electron chi connectivity index (χ4n) is 2.00. The van der Waals surface area contributed by atoms with Crippen LogP contribution in [0, 0.1) is 0 Å². The number of anilines is 3. The third-order valence-corrected chi connectivity index (χ3v) is 3.80. The number of aliphatic hydroxyl groups excluding tert-OH is 1. The van der Waals surface area contributed by atoms with Crippen LogP contribution < -0.4 is 4.90 Å². The zero-order chi connectivity index (χ0) is 13.8. The molecule has 20 heavy (non-hydrogen) atoms. The molecule has 2 aromatic carbocycles. The molecule has 0 atom stereocenters. The number of thiazole rings is 1. The number of aromatic nitrogens is 1. The van der Waals surface area contributed by atoms with E-state index in [1.54, 1.807) is 0 Å². The van der Waals surface area contributed by atoms with Crippen LogP contribution in [0.15, 0.2) is 66.0 Å². The minimum Gasteiger partial charge on any atom is -0.390 e. The number of hydrogen-bond acceptors (Lipinski definition) is 4. The van der Waals surface area contributed by atoms with Crippen molar-refractivity contribution in [2.45, 2.75) is 6.61 Å². The average Bonchev–Trinajstić information content (AvgIpc) is 2.98. The highest BCUT2D eigenvalue weighted by molar-refractivity contribution is 7.13. The second-order valence-corrected chi connectivity index (χ2v) is 5.12. The van der Waals surface area contributed by atoms with Gasteiger partial charge >= 0.3 is 0 Å². The molecule has 1 heterocycles. The van der Waals surface area contributed by atoms with Crippen molar-refractivity contribution >= 4 is 27.8 Å². The first-order valence-electron chi connectivity index (χ1n) is 6.34. The molecule has 1 aromatic heterocycles. The summed E-state index contributed by atoms with van der Waals surface area (Å²) in [6, 6.07) is 20.2. The highest BCUT2D eigenvalue weighted by Gasteiger charge is 2.15. The molecule has 100 valence electrons. The lowest BCUT2D eigenvalue weighted by Crippen LogP contribution is -2.09. The first-order valence-corrected chi connectivity index (χ1v) is 7.22. The molecule has 0 aliphatic carbocycles. The van der Waals surface area contributed by atoms with E-state index in [4.69, 9.17) is 0 Å². The van der Waals surface area contributed by atoms with E-state index in [1.807, 2.05) is 66.0 Å². The summed E-state index contributed by atoms with van der Waals surface area (Å²) in [4.78, 5) is 6.56. The SMILES string of the molecule is OCc1csc(N(c2ccccc2)c2ccccc2)n1. The van der Waals surface area contributed by atoms with Gasteiger partial charge in [0.1, 0.15) is 0 Å². The van der Waals surface area contributed by atoms with Crippen LogP contribution in [0.25, 0.3) is 0 Å². The van der Waals surface area contributed by atoms with E-state index in [2.05, 4.69) is 9.88 Å². The van der Waals surface area contributed by atoms with Crippen molar-refractivity contribution < 1.29 is 5.11 Å². The lowest BCUT2D eigenvalue weighted by molar-refractivity contribution is 0.278. The molecule has 3 nitrogen and oxygen atoms in total. The van der Waals surface area contributed by atoms with E-state index in [0.717, 1.165) is 16.5 Å². The summed E-state index contributed by atoms with van der Waals surface area (Å²) >= 11 is 1.53. The van der Waals surface area contributed by atoms with E-state index < -0.39 is 0 Å². The third kappa shape index (κ3) is 2.57. The molecule has 3 aromatic rings. The van der Waals surface area contributed by atoms with Crippen molar-refractivity contribution in [3.63, 3.8) is 0 Å². The van der Waals surface area contributed by atoms with Crippen molar-refractivity contribution in [2.75, 3.05) is 4.90 Å². The molecule has 0 radical (unpaired) electrons. The topological polar surface area (TPSA) is 36.4 Å². The van der Waals surface area contributed by atoms with E-state index >= 15 is 0 Å². The maximum Gasteiger partial charge on any atom is 0.194 e. The van der Waals surface area contributed by atoms with Gasteiger partial charge in [-0.1, -0.05) is 36.4 Å². The summed E-state index contributed by atoms with van der Waals surface area (Å²) in [6.45, 7) is -0.0338. The van der Waals surface area contributed by atoms with Crippen LogP contribution in [0.1, 0.15) is 5.69 Å². The van der Waals surface area contributed by atoms with E-state index in [9.17, 15) is 5.11 Å². The smallest absolute Gasteiger partial charge is 0.194 e. The molecule has 0 saturated heterocycles. The number of rotatable bonds is 4. The van der Waals surface area contributed by atoms with Gasteiger partial charge in [-0.15, -0.1) is 11.3 Å². The minimum absolute atomic E-state index is 0.0338. The van der Waals surface area contributed by atoms with Crippen molar-refractivity contribution in [3.8, 4) is 0 Å². The van der Waals surface area contributed by atoms with Crippen LogP contribution >= 0.6 is 11.3 Å². The number of nitrogens with zero attached hydrogens (tertiary/aromatic N) is 2. The van der Waals surface area contributed by atoms with Crippen LogP contribution in [0.2, 0.25) is 0 Å². The van der Waals surface area contributed by atoms with E-state index in [0.29, 0.717) is 5.69 Å². The van der Waals surface area contributed by atoms with Crippen molar-refractivity contribution in [2.24, 2.45) is 0 Å². The van der Waals surface area contributed by atoms with Gasteiger partial charge in [-0.25, -0.2) is 4.98 Å². The number of aliphatic hydroxyl groups is 1. The Hall–Kier alpha value is -2.17. The van der Waals surface area contributed by atoms with E-state index in [1.165, 1.54) is 11.3 Å². The zero-order valence-corrected chi connectivity index (χ0v) is 11.6. The van der Waals surface area contributed by atoms with Crippen molar-refractivity contribution in [1.29, 1.82) is 0 Å². The molecular weight excluding hydrogens is 268 g/mol. The molecule has 0 aliphatic heterocycles. The molecule has 0 aliphatic rings. The highest BCUT2D eigenvalue weighted by Crippen LogP contribution is 2.35. The maximum absolute atomic E-state index is 9.20. The summed E-state index contributed by atoms with van der Waals surface area (Å²) in [6.07, 6.45) is 0. The van der Waals surface area contributed by atoms with Gasteiger partial charge in [0.25, 0.3) is 0 Å². The second kappa shape index (κ2) is 5.86. The predicted molar refractivity (Wildman–Crippen MR) is 82.7 cm³/mol. The van der Waals surface area contributed by atoms with Gasteiger partial charge in [0.15, 0.2) is 5.13 Å². The van der Waals surface area contributed by atoms with Gasteiger partial charge in [-0.2, -0.15) is 0 Å². The fourth-order valence-corrected chi connectivity index (χ4v) is 2.85. The molecule has 0 saturated carbocycles. The van der Waals surface area contributed by atoms with Crippen LogP contribution in [0.5, 0.6) is 0 Å². The molecular formula is C16H14N2OS. The van der Waals surface area contributed by atoms with Gasteiger partial charge in [-0.05, 0) is 24.3 Å². The van der Waals surface area contributed by atoms with Gasteiger partial charge in [0.2, 0.25) is 0 Å². The molecule has 0 fully saturated rings. The Kier molecular flexibility index (Phi) is 3.76. The summed E-state index contributed by atoms with van der Waals surface area (Å²) in [5.41, 5.74) is 2.80. The van der Waals surface area contributed by atoms with Gasteiger partial charge in [-0.3, -0.25) is 4.90 Å². The summed E-state index contributed by atoms with van der Waals surface area (Å²) < 4.78 is 0. The second-order valence-electron chi connectivity index (χ2n) is 4.29. The lowest BCUT2D eigenvalue weighted by Gasteiger charge is -2.22. The fraction of sp³-hybridized carbons (Fsp3) is 0.0625. The quantitative estimate of drug-likeness (QED) is 0.782. The largest absolute Gasteiger partial charge is 0.390 e. The molecule has 0 amide bonds. The molecule has 4 heteroatoms. The Labute approximate surface area is 121 Å². The average molecular weight is 282 g/mol. The Morgan fingerprint density at radius 3 is 1.90 bits per heavy atom. The molecule has 0 spiro atoms. The maximum atomic E-state index is 9.20. The number of benzene rings is 2. The Morgan fingerprint density at radius 2 is 1.45 bits per heavy atom. The molecule has 0 bridgehead atoms. The Balaban J connectivity index is 2.09. The standard InChI is InChI=1S/C16H14N2OS/c19-11-13-12-20-16(17-13)18(14-7-3-1-4-8-14)15-9-5-2-6-10-15/h1-10,12,19H,11H2. The first kappa shape index (κ1) is 12.8. The molecule has 1 N–H and O–H groups in total. The van der Waals surface area contributed by atoms with Crippen LogP contribution in [0.3, 0.4) is 0 Å². The normalized spacial score (nSPS) is 10.4. The molecule has 0 unspecified atom stereocenters. The summed E-state index contributed by atoms with van der Waals surface area (Å²) in [5.74, 6) is 0. The number of hydrogen-bond donors (Lipinski definition) is 1. The Bertz CT molecular complexity index is 628. The van der Waals surface area contributed by atoms with Gasteiger partial charge in [0.05, 0.1) is 12.3 Å². The summed E-state index contributed by atoms with van der Waals surface area (Å²) in [7, 11) is 0. The predicted octanol–water partition coefficient (Wildman–Crippen LogP) is 4.11. The van der Waals surface area contributed by atoms with Crippen LogP contribution in [-0.4, -0.2) is 10.1 Å². The lowest BCUT2D eigenvalue weighted by atomic mass is 10.2. The van der Waals surface area contributed by atoms with Crippen LogP contribution in [-0.2, 0) is 6.61 Å². The van der Waals surface area contributed by atoms with Gasteiger partial charge < -0.3 is 5.11 Å². The minimum atomic E-state index is -0.0338. The Morgan fingerprint density at radius 1 is 0.900 bits per heavy atom. The van der Waals surface area contributed by atoms with Gasteiger partial charge in [0, 0.05) is 16.8 Å². The zero-order valence-electron chi connectivity index (χ0n) is 10.8. The monoisotopic (exact) mass is 282 g/mol. The van der Waals surface area contributed by atoms with Crippen molar-refractivity contribution in [3.05, 3.63) is 71.7 Å². The highest BCUT2D eigenvalue weighted by atomic mass is 32.1. The van der Waals surface area contributed by atoms with E-state index in [-0.39, 0.29) is 6.61 Å². The van der Waals surface area contributed by atoms with Crippen LogP contribution in [0.4, 0.5) is 16.5 Å². The third-order valence-electron chi connectivity index (χ3n) is 2.92.